The van der Waals surface area contributed by atoms with Crippen LogP contribution in [0.3, 0.4) is 0 Å². The summed E-state index contributed by atoms with van der Waals surface area (Å²) in [5.74, 6) is -2.75. The second kappa shape index (κ2) is 2.85. The summed E-state index contributed by atoms with van der Waals surface area (Å²) < 4.78 is 25.5. The fourth-order valence-corrected chi connectivity index (χ4v) is 1.60. The van der Waals surface area contributed by atoms with Gasteiger partial charge >= 0.3 is 0 Å². The van der Waals surface area contributed by atoms with Crippen molar-refractivity contribution in [1.29, 1.82) is 0 Å². The van der Waals surface area contributed by atoms with E-state index in [1.165, 1.54) is 0 Å². The lowest BCUT2D eigenvalue weighted by Crippen LogP contribution is -2.21. The zero-order valence-electron chi connectivity index (χ0n) is 6.08. The highest BCUT2D eigenvalue weighted by Gasteiger charge is 2.42. The maximum absolute atomic E-state index is 12.8. The molecular weight excluding hydrogens is 134 g/mol. The van der Waals surface area contributed by atoms with Gasteiger partial charge in [0.15, 0.2) is 0 Å². The van der Waals surface area contributed by atoms with E-state index in [9.17, 15) is 8.78 Å². The molecule has 1 aliphatic carbocycles. The molecule has 0 spiro atoms. The summed E-state index contributed by atoms with van der Waals surface area (Å²) in [6, 6.07) is 0. The van der Waals surface area contributed by atoms with Crippen molar-refractivity contribution < 1.29 is 8.78 Å². The van der Waals surface area contributed by atoms with Gasteiger partial charge in [-0.2, -0.15) is 0 Å². The molecule has 0 aromatic rings. The van der Waals surface area contributed by atoms with E-state index < -0.39 is 5.92 Å². The quantitative estimate of drug-likeness (QED) is 0.563. The van der Waals surface area contributed by atoms with Crippen molar-refractivity contribution in [3.05, 3.63) is 6.92 Å². The Bertz CT molecular complexity index is 110. The van der Waals surface area contributed by atoms with E-state index in [4.69, 9.17) is 0 Å². The van der Waals surface area contributed by atoms with E-state index in [2.05, 4.69) is 6.92 Å². The lowest BCUT2D eigenvalue weighted by molar-refractivity contribution is -0.0390. The standard InChI is InChI=1S/C8H13F2/c1-2-4-7-5-3-6-8(7,9)10/h7H,1-6H2. The van der Waals surface area contributed by atoms with E-state index in [0.717, 1.165) is 0 Å². The predicted octanol–water partition coefficient (Wildman–Crippen LogP) is 3.04. The van der Waals surface area contributed by atoms with Crippen molar-refractivity contribution in [3.63, 3.8) is 0 Å². The molecule has 0 nitrogen and oxygen atoms in total. The molecule has 1 atom stereocenters. The van der Waals surface area contributed by atoms with Gasteiger partial charge in [-0.25, -0.2) is 8.78 Å². The summed E-state index contributed by atoms with van der Waals surface area (Å²) in [6.07, 6.45) is 2.71. The third kappa shape index (κ3) is 1.47. The fraction of sp³-hybridized carbons (Fsp3) is 0.875. The molecule has 0 N–H and O–H groups in total. The van der Waals surface area contributed by atoms with Crippen LogP contribution in [0.25, 0.3) is 0 Å². The molecule has 0 bridgehead atoms. The molecule has 0 aliphatic heterocycles. The largest absolute Gasteiger partial charge is 0.250 e. The van der Waals surface area contributed by atoms with Gasteiger partial charge in [-0.1, -0.05) is 13.3 Å². The second-order valence-corrected chi connectivity index (χ2v) is 2.99. The molecule has 10 heavy (non-hydrogen) atoms. The topological polar surface area (TPSA) is 0 Å². The monoisotopic (exact) mass is 147 g/mol. The Morgan fingerprint density at radius 2 is 2.20 bits per heavy atom. The van der Waals surface area contributed by atoms with Crippen molar-refractivity contribution in [2.45, 2.75) is 38.0 Å². The molecule has 1 rings (SSSR count). The van der Waals surface area contributed by atoms with Gasteiger partial charge in [0.25, 0.3) is 5.92 Å². The van der Waals surface area contributed by atoms with Crippen molar-refractivity contribution in [2.24, 2.45) is 5.92 Å². The Balaban J connectivity index is 2.43. The lowest BCUT2D eigenvalue weighted by atomic mass is 10.00. The first-order valence-electron chi connectivity index (χ1n) is 3.84. The van der Waals surface area contributed by atoms with Crippen LogP contribution in [0.5, 0.6) is 0 Å². The molecule has 59 valence electrons. The smallest absolute Gasteiger partial charge is 0.207 e. The van der Waals surface area contributed by atoms with Crippen molar-refractivity contribution >= 4 is 0 Å². The summed E-state index contributed by atoms with van der Waals surface area (Å²) in [4.78, 5) is 0. The van der Waals surface area contributed by atoms with Crippen LogP contribution in [-0.4, -0.2) is 5.92 Å². The molecule has 1 aliphatic rings. The van der Waals surface area contributed by atoms with Gasteiger partial charge in [0, 0.05) is 12.3 Å². The molecular formula is C8H13F2. The zero-order valence-corrected chi connectivity index (χ0v) is 6.08. The first kappa shape index (κ1) is 7.96. The summed E-state index contributed by atoms with van der Waals surface area (Å²) in [7, 11) is 0. The highest BCUT2D eigenvalue weighted by Crippen LogP contribution is 2.42. The van der Waals surface area contributed by atoms with E-state index in [-0.39, 0.29) is 12.3 Å². The van der Waals surface area contributed by atoms with E-state index in [0.29, 0.717) is 25.7 Å². The number of alkyl halides is 2. The van der Waals surface area contributed by atoms with Crippen LogP contribution in [0.15, 0.2) is 0 Å². The van der Waals surface area contributed by atoms with Crippen LogP contribution in [0.2, 0.25) is 0 Å². The first-order chi connectivity index (χ1) is 4.67. The minimum Gasteiger partial charge on any atom is -0.207 e. The van der Waals surface area contributed by atoms with Crippen molar-refractivity contribution in [3.8, 4) is 0 Å². The summed E-state index contributed by atoms with van der Waals surface area (Å²) in [5, 5.41) is 0. The van der Waals surface area contributed by atoms with E-state index >= 15 is 0 Å². The van der Waals surface area contributed by atoms with Crippen LogP contribution >= 0.6 is 0 Å². The highest BCUT2D eigenvalue weighted by atomic mass is 19.3. The molecule has 0 heterocycles. The zero-order chi connectivity index (χ0) is 7.61. The van der Waals surface area contributed by atoms with Gasteiger partial charge in [-0.15, -0.1) is 0 Å². The Hall–Kier alpha value is -0.140. The molecule has 1 unspecified atom stereocenters. The van der Waals surface area contributed by atoms with Crippen LogP contribution < -0.4 is 0 Å². The van der Waals surface area contributed by atoms with Gasteiger partial charge in [0.2, 0.25) is 0 Å². The Kier molecular flexibility index (Phi) is 2.27. The molecule has 1 radical (unpaired) electrons. The number of hydrogen-bond acceptors (Lipinski definition) is 0. The van der Waals surface area contributed by atoms with Crippen molar-refractivity contribution in [1.82, 2.24) is 0 Å². The average Bonchev–Trinajstić information content (AvgIpc) is 2.13. The number of hydrogen-bond donors (Lipinski definition) is 0. The molecule has 0 aromatic heterocycles. The van der Waals surface area contributed by atoms with Gasteiger partial charge in [0.1, 0.15) is 0 Å². The summed E-state index contributed by atoms with van der Waals surface area (Å²) in [6.45, 7) is 3.58. The SMILES string of the molecule is [CH2]CCC1CCCC1(F)F. The maximum atomic E-state index is 12.8. The summed E-state index contributed by atoms with van der Waals surface area (Å²) in [5.41, 5.74) is 0. The van der Waals surface area contributed by atoms with E-state index in [1.54, 1.807) is 0 Å². The molecule has 1 fully saturated rings. The Labute approximate surface area is 60.6 Å². The number of rotatable bonds is 2. The predicted molar refractivity (Wildman–Crippen MR) is 36.9 cm³/mol. The van der Waals surface area contributed by atoms with Gasteiger partial charge in [-0.3, -0.25) is 0 Å². The third-order valence-electron chi connectivity index (χ3n) is 2.21. The molecule has 0 saturated heterocycles. The molecule has 2 heteroatoms. The molecule has 1 saturated carbocycles. The highest BCUT2D eigenvalue weighted by molar-refractivity contribution is 4.83. The Morgan fingerprint density at radius 3 is 2.60 bits per heavy atom. The van der Waals surface area contributed by atoms with Gasteiger partial charge in [0.05, 0.1) is 0 Å². The maximum Gasteiger partial charge on any atom is 0.250 e. The minimum absolute atomic E-state index is 0.0949. The Morgan fingerprint density at radius 1 is 1.50 bits per heavy atom. The average molecular weight is 147 g/mol. The minimum atomic E-state index is -2.38. The fourth-order valence-electron chi connectivity index (χ4n) is 1.60. The van der Waals surface area contributed by atoms with Crippen LogP contribution in [0.1, 0.15) is 32.1 Å². The van der Waals surface area contributed by atoms with Crippen molar-refractivity contribution in [2.75, 3.05) is 0 Å². The third-order valence-corrected chi connectivity index (χ3v) is 2.21. The normalized spacial score (nSPS) is 30.9. The van der Waals surface area contributed by atoms with Crippen LogP contribution in [-0.2, 0) is 0 Å². The van der Waals surface area contributed by atoms with E-state index in [1.807, 2.05) is 0 Å². The summed E-state index contributed by atoms with van der Waals surface area (Å²) >= 11 is 0. The van der Waals surface area contributed by atoms with Gasteiger partial charge < -0.3 is 0 Å². The molecule has 0 amide bonds. The van der Waals surface area contributed by atoms with Gasteiger partial charge in [-0.05, 0) is 19.3 Å². The first-order valence-corrected chi connectivity index (χ1v) is 3.84. The van der Waals surface area contributed by atoms with Crippen LogP contribution in [0.4, 0.5) is 8.78 Å². The van der Waals surface area contributed by atoms with Crippen LogP contribution in [0, 0.1) is 12.8 Å². The lowest BCUT2D eigenvalue weighted by Gasteiger charge is -2.17. The number of halogens is 2. The second-order valence-electron chi connectivity index (χ2n) is 2.99. The molecule has 0 aromatic carbocycles.